The van der Waals surface area contributed by atoms with E-state index in [1.54, 1.807) is 12.4 Å². The molecule has 1 fully saturated rings. The second kappa shape index (κ2) is 8.58. The number of halogens is 2. The van der Waals surface area contributed by atoms with Gasteiger partial charge in [-0.2, -0.15) is 0 Å². The highest BCUT2D eigenvalue weighted by atomic mass is 35.5. The maximum absolute atomic E-state index is 12.7. The van der Waals surface area contributed by atoms with Crippen LogP contribution in [0.5, 0.6) is 0 Å². The van der Waals surface area contributed by atoms with Gasteiger partial charge in [-0.25, -0.2) is 9.78 Å². The zero-order valence-electron chi connectivity index (χ0n) is 16.6. The van der Waals surface area contributed by atoms with Gasteiger partial charge >= 0.3 is 6.03 Å². The molecule has 0 atom stereocenters. The first-order chi connectivity index (χ1) is 13.3. The van der Waals surface area contributed by atoms with Crippen LogP contribution in [0.15, 0.2) is 36.7 Å². The first kappa shape index (κ1) is 20.7. The highest BCUT2D eigenvalue weighted by molar-refractivity contribution is 6.38. The largest absolute Gasteiger partial charge is 0.367 e. The van der Waals surface area contributed by atoms with Crippen LogP contribution in [0.2, 0.25) is 10.0 Å². The molecule has 0 saturated carbocycles. The second-order valence-electron chi connectivity index (χ2n) is 8.08. The number of hydrogen-bond donors (Lipinski definition) is 1. The summed E-state index contributed by atoms with van der Waals surface area (Å²) in [4.78, 5) is 19.6. The average Bonchev–Trinajstić information content (AvgIpc) is 2.87. The van der Waals surface area contributed by atoms with Crippen molar-refractivity contribution in [3.05, 3.63) is 52.3 Å². The second-order valence-corrected chi connectivity index (χ2v) is 8.90. The van der Waals surface area contributed by atoms with Crippen LogP contribution in [0.4, 0.5) is 16.2 Å². The number of hydrogen-bond acceptors (Lipinski definition) is 2. The molecule has 1 aromatic carbocycles. The number of aromatic amines is 1. The molecule has 2 aromatic rings. The summed E-state index contributed by atoms with van der Waals surface area (Å²) < 4.78 is 0. The minimum absolute atomic E-state index is 0.0797. The van der Waals surface area contributed by atoms with E-state index in [0.29, 0.717) is 29.7 Å². The van der Waals surface area contributed by atoms with Crippen molar-refractivity contribution in [3.8, 4) is 0 Å². The van der Waals surface area contributed by atoms with Crippen LogP contribution < -0.4 is 15.2 Å². The summed E-state index contributed by atoms with van der Waals surface area (Å²) >= 11 is 12.6. The fourth-order valence-electron chi connectivity index (χ4n) is 3.34. The summed E-state index contributed by atoms with van der Waals surface area (Å²) in [7, 11) is 0. The average molecular weight is 422 g/mol. The highest BCUT2D eigenvalue weighted by Crippen LogP contribution is 2.32. The monoisotopic (exact) mass is 421 g/mol. The Kier molecular flexibility index (Phi) is 6.36. The SMILES string of the molecule is CC(C)(C)c1ccc(NC(=O)N2CCCN(c3c(Cl)c[nH+]cc3Cl)CC2)cc1. The van der Waals surface area contributed by atoms with Crippen LogP contribution in [-0.4, -0.2) is 37.1 Å². The molecule has 1 aromatic heterocycles. The highest BCUT2D eigenvalue weighted by Gasteiger charge is 2.23. The number of carbonyl (C=O) groups is 1. The number of aromatic nitrogens is 1. The van der Waals surface area contributed by atoms with Gasteiger partial charge in [-0.05, 0) is 29.5 Å². The van der Waals surface area contributed by atoms with Gasteiger partial charge in [0.1, 0.15) is 10.0 Å². The molecular formula is C21H27Cl2N4O+. The van der Waals surface area contributed by atoms with Gasteiger partial charge < -0.3 is 15.1 Å². The van der Waals surface area contributed by atoms with Crippen molar-refractivity contribution >= 4 is 40.6 Å². The van der Waals surface area contributed by atoms with E-state index in [9.17, 15) is 4.79 Å². The molecule has 5 nitrogen and oxygen atoms in total. The van der Waals surface area contributed by atoms with Gasteiger partial charge in [-0.3, -0.25) is 0 Å². The lowest BCUT2D eigenvalue weighted by Crippen LogP contribution is -2.38. The first-order valence-electron chi connectivity index (χ1n) is 9.52. The van der Waals surface area contributed by atoms with E-state index in [1.807, 2.05) is 17.0 Å². The molecule has 2 heterocycles. The predicted octanol–water partition coefficient (Wildman–Crippen LogP) is 4.85. The first-order valence-corrected chi connectivity index (χ1v) is 10.3. The van der Waals surface area contributed by atoms with E-state index in [4.69, 9.17) is 23.2 Å². The Morgan fingerprint density at radius 3 is 2.25 bits per heavy atom. The van der Waals surface area contributed by atoms with Crippen molar-refractivity contribution in [1.82, 2.24) is 4.90 Å². The molecule has 0 radical (unpaired) electrons. The van der Waals surface area contributed by atoms with Gasteiger partial charge in [-0.15, -0.1) is 0 Å². The number of pyridine rings is 1. The number of urea groups is 1. The third-order valence-electron chi connectivity index (χ3n) is 4.97. The number of benzene rings is 1. The number of anilines is 2. The Morgan fingerprint density at radius 2 is 1.64 bits per heavy atom. The lowest BCUT2D eigenvalue weighted by molar-refractivity contribution is -0.377. The van der Waals surface area contributed by atoms with Gasteiger partial charge in [0.25, 0.3) is 0 Å². The van der Waals surface area contributed by atoms with E-state index < -0.39 is 0 Å². The van der Waals surface area contributed by atoms with E-state index in [0.717, 1.165) is 24.3 Å². The maximum Gasteiger partial charge on any atom is 0.321 e. The van der Waals surface area contributed by atoms with Crippen molar-refractivity contribution in [3.63, 3.8) is 0 Å². The number of H-pyrrole nitrogens is 1. The van der Waals surface area contributed by atoms with E-state index in [-0.39, 0.29) is 11.4 Å². The Hall–Kier alpha value is -1.98. The summed E-state index contributed by atoms with van der Waals surface area (Å²) in [5.41, 5.74) is 2.96. The molecular weight excluding hydrogens is 395 g/mol. The lowest BCUT2D eigenvalue weighted by Gasteiger charge is -2.24. The summed E-state index contributed by atoms with van der Waals surface area (Å²) in [6, 6.07) is 7.97. The van der Waals surface area contributed by atoms with Crippen molar-refractivity contribution in [2.45, 2.75) is 32.6 Å². The topological polar surface area (TPSA) is 49.7 Å². The zero-order valence-corrected chi connectivity index (χ0v) is 18.1. The summed E-state index contributed by atoms with van der Waals surface area (Å²) in [6.45, 7) is 9.30. The molecule has 28 heavy (non-hydrogen) atoms. The summed E-state index contributed by atoms with van der Waals surface area (Å²) in [6.07, 6.45) is 4.29. The van der Waals surface area contributed by atoms with Crippen LogP contribution in [0.1, 0.15) is 32.8 Å². The molecule has 0 spiro atoms. The molecule has 1 aliphatic rings. The van der Waals surface area contributed by atoms with Crippen molar-refractivity contribution < 1.29 is 9.78 Å². The lowest BCUT2D eigenvalue weighted by atomic mass is 9.87. The summed E-state index contributed by atoms with van der Waals surface area (Å²) in [5, 5.41) is 4.18. The number of nitrogens with one attached hydrogen (secondary N) is 2. The molecule has 2 N–H and O–H groups in total. The van der Waals surface area contributed by atoms with Crippen LogP contribution >= 0.6 is 23.2 Å². The minimum atomic E-state index is -0.0797. The third kappa shape index (κ3) is 4.89. The van der Waals surface area contributed by atoms with Gasteiger partial charge in [0, 0.05) is 31.9 Å². The molecule has 0 bridgehead atoms. The summed E-state index contributed by atoms with van der Waals surface area (Å²) in [5.74, 6) is 0. The molecule has 150 valence electrons. The molecule has 1 saturated heterocycles. The normalized spacial score (nSPS) is 15.3. The third-order valence-corrected chi connectivity index (χ3v) is 5.55. The van der Waals surface area contributed by atoms with Gasteiger partial charge in [0.05, 0.1) is 5.69 Å². The van der Waals surface area contributed by atoms with E-state index >= 15 is 0 Å². The molecule has 0 aliphatic carbocycles. The maximum atomic E-state index is 12.7. The molecule has 3 rings (SSSR count). The van der Waals surface area contributed by atoms with Crippen LogP contribution in [0.3, 0.4) is 0 Å². The van der Waals surface area contributed by atoms with E-state index in [2.05, 4.69) is 48.1 Å². The minimum Gasteiger partial charge on any atom is -0.367 e. The fourth-order valence-corrected chi connectivity index (χ4v) is 3.96. The van der Waals surface area contributed by atoms with Gasteiger partial charge in [0.2, 0.25) is 0 Å². The van der Waals surface area contributed by atoms with Gasteiger partial charge in [0.15, 0.2) is 12.4 Å². The van der Waals surface area contributed by atoms with Crippen molar-refractivity contribution in [2.75, 3.05) is 36.4 Å². The molecule has 7 heteroatoms. The van der Waals surface area contributed by atoms with Crippen LogP contribution in [0, 0.1) is 0 Å². The number of amides is 2. The Balaban J connectivity index is 1.63. The van der Waals surface area contributed by atoms with Crippen molar-refractivity contribution in [1.29, 1.82) is 0 Å². The Morgan fingerprint density at radius 1 is 1.00 bits per heavy atom. The van der Waals surface area contributed by atoms with Crippen LogP contribution in [0.25, 0.3) is 0 Å². The number of rotatable bonds is 2. The Bertz CT molecular complexity index is 813. The predicted molar refractivity (Wildman–Crippen MR) is 116 cm³/mol. The van der Waals surface area contributed by atoms with E-state index in [1.165, 1.54) is 5.56 Å². The zero-order chi connectivity index (χ0) is 20.3. The fraction of sp³-hybridized carbons (Fsp3) is 0.429. The molecule has 0 unspecified atom stereocenters. The smallest absolute Gasteiger partial charge is 0.321 e. The molecule has 1 aliphatic heterocycles. The quantitative estimate of drug-likeness (QED) is 0.752. The van der Waals surface area contributed by atoms with Crippen molar-refractivity contribution in [2.24, 2.45) is 0 Å². The molecule has 2 amide bonds. The van der Waals surface area contributed by atoms with Gasteiger partial charge in [-0.1, -0.05) is 56.1 Å². The Labute approximate surface area is 176 Å². The number of carbonyl (C=O) groups excluding carboxylic acids is 1. The number of nitrogens with zero attached hydrogens (tertiary/aromatic N) is 2. The van der Waals surface area contributed by atoms with Crippen LogP contribution in [-0.2, 0) is 5.41 Å². The standard InChI is InChI=1S/C21H26Cl2N4O/c1-21(2,3)15-5-7-16(8-6-15)25-20(28)27-10-4-9-26(11-12-27)19-17(22)13-24-14-18(19)23/h5-8,13-14H,4,9-12H2,1-3H3,(H,25,28)/p+1.